The van der Waals surface area contributed by atoms with Gasteiger partial charge in [0, 0.05) is 17.8 Å². The fourth-order valence-corrected chi connectivity index (χ4v) is 4.85. The van der Waals surface area contributed by atoms with E-state index in [0.717, 1.165) is 41.7 Å². The summed E-state index contributed by atoms with van der Waals surface area (Å²) < 4.78 is 7.25. The lowest BCUT2D eigenvalue weighted by molar-refractivity contribution is -0.113. The number of esters is 1. The first kappa shape index (κ1) is 20.9. The van der Waals surface area contributed by atoms with Gasteiger partial charge in [0.2, 0.25) is 5.91 Å². The Morgan fingerprint density at radius 1 is 1.32 bits per heavy atom. The van der Waals surface area contributed by atoms with Crippen LogP contribution in [-0.2, 0) is 22.5 Å². The highest BCUT2D eigenvalue weighted by Crippen LogP contribution is 2.33. The molecule has 1 N–H and O–H groups in total. The van der Waals surface area contributed by atoms with Crippen LogP contribution in [0.4, 0.5) is 5.00 Å². The predicted molar refractivity (Wildman–Crippen MR) is 111 cm³/mol. The van der Waals surface area contributed by atoms with Crippen LogP contribution in [0.3, 0.4) is 0 Å². The number of fused-ring (bicyclic) bond motifs is 1. The van der Waals surface area contributed by atoms with Gasteiger partial charge >= 0.3 is 5.97 Å². The Kier molecular flexibility index (Phi) is 7.12. The Labute approximate surface area is 173 Å². The van der Waals surface area contributed by atoms with Gasteiger partial charge in [-0.3, -0.25) is 4.79 Å². The van der Waals surface area contributed by atoms with Gasteiger partial charge in [0.05, 0.1) is 17.9 Å². The van der Waals surface area contributed by atoms with Crippen molar-refractivity contribution in [2.24, 2.45) is 0 Å². The molecular weight excluding hydrogens is 396 g/mol. The van der Waals surface area contributed by atoms with Gasteiger partial charge in [-0.2, -0.15) is 0 Å². The van der Waals surface area contributed by atoms with E-state index in [4.69, 9.17) is 4.74 Å². The third-order valence-corrected chi connectivity index (χ3v) is 6.79. The zero-order valence-corrected chi connectivity index (χ0v) is 18.1. The number of nitrogens with one attached hydrogen (secondary N) is 1. The number of hydrogen-bond donors (Lipinski definition) is 1. The van der Waals surface area contributed by atoms with E-state index in [0.29, 0.717) is 17.2 Å². The first-order chi connectivity index (χ1) is 13.5. The topological polar surface area (TPSA) is 86.1 Å². The Morgan fingerprint density at radius 2 is 2.14 bits per heavy atom. The maximum Gasteiger partial charge on any atom is 0.341 e. The van der Waals surface area contributed by atoms with Gasteiger partial charge < -0.3 is 14.6 Å². The number of nitrogens with zero attached hydrogens (tertiary/aromatic N) is 3. The van der Waals surface area contributed by atoms with Crippen molar-refractivity contribution in [3.63, 3.8) is 0 Å². The molecule has 0 unspecified atom stereocenters. The second-order valence-corrected chi connectivity index (χ2v) is 8.99. The average Bonchev–Trinajstić information content (AvgIpc) is 3.17. The summed E-state index contributed by atoms with van der Waals surface area (Å²) in [6.45, 7) is 7.08. The van der Waals surface area contributed by atoms with Crippen LogP contribution in [-0.4, -0.2) is 39.0 Å². The first-order valence-electron chi connectivity index (χ1n) is 9.65. The summed E-state index contributed by atoms with van der Waals surface area (Å²) in [5.74, 6) is 0.916. The molecule has 0 fully saturated rings. The standard InChI is InChI=1S/C19H26N4O3S2/c1-4-26-18(25)13-10-14(12(2)3)28-17(13)20-16(24)11-27-19-22-21-15-8-6-5-7-9-23(15)19/h10,12H,4-9,11H2,1-3H3,(H,20,24). The maximum atomic E-state index is 12.5. The monoisotopic (exact) mass is 422 g/mol. The molecule has 1 amide bonds. The molecule has 0 bridgehead atoms. The number of amides is 1. The zero-order valence-electron chi connectivity index (χ0n) is 16.5. The molecular formula is C19H26N4O3S2. The molecule has 9 heteroatoms. The largest absolute Gasteiger partial charge is 0.462 e. The van der Waals surface area contributed by atoms with Gasteiger partial charge in [-0.25, -0.2) is 4.79 Å². The summed E-state index contributed by atoms with van der Waals surface area (Å²) in [7, 11) is 0. The molecule has 0 saturated carbocycles. The zero-order chi connectivity index (χ0) is 20.1. The van der Waals surface area contributed by atoms with Crippen LogP contribution >= 0.6 is 23.1 Å². The van der Waals surface area contributed by atoms with Gasteiger partial charge in [0.15, 0.2) is 5.16 Å². The molecule has 0 aliphatic carbocycles. The van der Waals surface area contributed by atoms with Crippen molar-refractivity contribution in [1.29, 1.82) is 0 Å². The van der Waals surface area contributed by atoms with Crippen LogP contribution in [0.2, 0.25) is 0 Å². The SMILES string of the molecule is CCOC(=O)c1cc(C(C)C)sc1NC(=O)CSc1nnc2n1CCCCC2. The number of aromatic nitrogens is 3. The van der Waals surface area contributed by atoms with Crippen LogP contribution in [0.5, 0.6) is 0 Å². The van der Waals surface area contributed by atoms with Gasteiger partial charge in [-0.15, -0.1) is 21.5 Å². The molecule has 2 aromatic rings. The minimum Gasteiger partial charge on any atom is -0.462 e. The minimum absolute atomic E-state index is 0.168. The van der Waals surface area contributed by atoms with E-state index in [1.165, 1.54) is 29.5 Å². The predicted octanol–water partition coefficient (Wildman–Crippen LogP) is 4.10. The molecule has 0 atom stereocenters. The molecule has 0 radical (unpaired) electrons. The number of carbonyl (C=O) groups is 2. The minimum atomic E-state index is -0.406. The normalized spacial score (nSPS) is 13.9. The Hall–Kier alpha value is -1.87. The Morgan fingerprint density at radius 3 is 2.89 bits per heavy atom. The lowest BCUT2D eigenvalue weighted by Gasteiger charge is -2.07. The van der Waals surface area contributed by atoms with Gasteiger partial charge in [0.25, 0.3) is 0 Å². The number of anilines is 1. The molecule has 1 aliphatic rings. The highest BCUT2D eigenvalue weighted by molar-refractivity contribution is 7.99. The number of carbonyl (C=O) groups excluding carboxylic acids is 2. The third kappa shape index (κ3) is 4.94. The van der Waals surface area contributed by atoms with Gasteiger partial charge in [-0.1, -0.05) is 32.0 Å². The van der Waals surface area contributed by atoms with Crippen molar-refractivity contribution < 1.29 is 14.3 Å². The number of hydrogen-bond acceptors (Lipinski definition) is 7. The average molecular weight is 423 g/mol. The second kappa shape index (κ2) is 9.56. The lowest BCUT2D eigenvalue weighted by Crippen LogP contribution is -2.16. The molecule has 0 spiro atoms. The van der Waals surface area contributed by atoms with Crippen molar-refractivity contribution in [1.82, 2.24) is 14.8 Å². The maximum absolute atomic E-state index is 12.5. The number of ether oxygens (including phenoxy) is 1. The summed E-state index contributed by atoms with van der Waals surface area (Å²) >= 11 is 2.81. The van der Waals surface area contributed by atoms with Crippen LogP contribution < -0.4 is 5.32 Å². The van der Waals surface area contributed by atoms with Crippen molar-refractivity contribution in [2.45, 2.75) is 64.1 Å². The van der Waals surface area contributed by atoms with E-state index in [1.807, 2.05) is 6.07 Å². The number of aryl methyl sites for hydroxylation is 1. The third-order valence-electron chi connectivity index (χ3n) is 4.48. The Bertz CT molecular complexity index is 844. The summed E-state index contributed by atoms with van der Waals surface area (Å²) in [6, 6.07) is 1.81. The summed E-state index contributed by atoms with van der Waals surface area (Å²) in [5, 5.41) is 12.7. The van der Waals surface area contributed by atoms with E-state index in [-0.39, 0.29) is 17.6 Å². The van der Waals surface area contributed by atoms with E-state index in [1.54, 1.807) is 6.92 Å². The van der Waals surface area contributed by atoms with Gasteiger partial charge in [0.1, 0.15) is 10.8 Å². The van der Waals surface area contributed by atoms with Crippen LogP contribution in [0, 0.1) is 0 Å². The highest BCUT2D eigenvalue weighted by atomic mass is 32.2. The van der Waals surface area contributed by atoms with Crippen molar-refractivity contribution >= 4 is 40.0 Å². The molecule has 28 heavy (non-hydrogen) atoms. The van der Waals surface area contributed by atoms with E-state index < -0.39 is 5.97 Å². The molecule has 7 nitrogen and oxygen atoms in total. The van der Waals surface area contributed by atoms with Crippen LogP contribution in [0.25, 0.3) is 0 Å². The Balaban J connectivity index is 1.66. The molecule has 1 aliphatic heterocycles. The quantitative estimate of drug-likeness (QED) is 0.534. The summed E-state index contributed by atoms with van der Waals surface area (Å²) in [5.41, 5.74) is 0.422. The molecule has 152 valence electrons. The van der Waals surface area contributed by atoms with Crippen molar-refractivity contribution in [2.75, 3.05) is 17.7 Å². The molecule has 0 aromatic carbocycles. The van der Waals surface area contributed by atoms with Crippen molar-refractivity contribution in [3.8, 4) is 0 Å². The van der Waals surface area contributed by atoms with Crippen LogP contribution in [0.15, 0.2) is 11.2 Å². The lowest BCUT2D eigenvalue weighted by atomic mass is 10.1. The number of thiophene rings is 1. The summed E-state index contributed by atoms with van der Waals surface area (Å²) in [4.78, 5) is 25.8. The highest BCUT2D eigenvalue weighted by Gasteiger charge is 2.21. The van der Waals surface area contributed by atoms with Crippen molar-refractivity contribution in [3.05, 3.63) is 22.3 Å². The smallest absolute Gasteiger partial charge is 0.341 e. The van der Waals surface area contributed by atoms with E-state index >= 15 is 0 Å². The molecule has 3 rings (SSSR count). The van der Waals surface area contributed by atoms with E-state index in [2.05, 4.69) is 33.9 Å². The molecule has 0 saturated heterocycles. The first-order valence-corrected chi connectivity index (χ1v) is 11.4. The molecule has 3 heterocycles. The number of rotatable bonds is 7. The van der Waals surface area contributed by atoms with Gasteiger partial charge in [-0.05, 0) is 31.7 Å². The fraction of sp³-hybridized carbons (Fsp3) is 0.579. The fourth-order valence-electron chi connectivity index (χ4n) is 3.01. The molecule has 2 aromatic heterocycles. The second-order valence-electron chi connectivity index (χ2n) is 6.96. The van der Waals surface area contributed by atoms with Crippen LogP contribution in [0.1, 0.15) is 67.0 Å². The van der Waals surface area contributed by atoms with E-state index in [9.17, 15) is 9.59 Å². The summed E-state index contributed by atoms with van der Waals surface area (Å²) in [6.07, 6.45) is 4.38. The number of thioether (sulfide) groups is 1.